The Bertz CT molecular complexity index is 922. The predicted octanol–water partition coefficient (Wildman–Crippen LogP) is 7.52. The first kappa shape index (κ1) is 24.9. The first-order valence-electron chi connectivity index (χ1n) is 13.3. The SMILES string of the molecule is CCCCC/C=C/[C@@H](OC(c1ccccc1)[C@H](O)c1ccccc1)[C@H]1CCCC[C@@]12CCC2=O. The molecule has 2 saturated carbocycles. The maximum absolute atomic E-state index is 12.9. The van der Waals surface area contributed by atoms with Crippen LogP contribution in [-0.2, 0) is 9.53 Å². The molecule has 0 amide bonds. The van der Waals surface area contributed by atoms with Crippen LogP contribution in [0.4, 0.5) is 0 Å². The van der Waals surface area contributed by atoms with Crippen LogP contribution < -0.4 is 0 Å². The molecule has 182 valence electrons. The lowest BCUT2D eigenvalue weighted by Crippen LogP contribution is -2.52. The van der Waals surface area contributed by atoms with Crippen LogP contribution in [0.2, 0.25) is 0 Å². The lowest BCUT2D eigenvalue weighted by atomic mass is 9.53. The number of aliphatic hydroxyl groups excluding tert-OH is 1. The van der Waals surface area contributed by atoms with Gasteiger partial charge in [-0.05, 0) is 43.2 Å². The van der Waals surface area contributed by atoms with Crippen molar-refractivity contribution in [2.75, 3.05) is 0 Å². The summed E-state index contributed by atoms with van der Waals surface area (Å²) in [6, 6.07) is 19.8. The Morgan fingerprint density at radius 2 is 1.71 bits per heavy atom. The molecule has 0 heterocycles. The molecule has 1 spiro atoms. The molecule has 1 N–H and O–H groups in total. The molecule has 0 aromatic heterocycles. The molecule has 0 aliphatic heterocycles. The van der Waals surface area contributed by atoms with Crippen LogP contribution in [0.25, 0.3) is 0 Å². The van der Waals surface area contributed by atoms with Crippen molar-refractivity contribution in [3.8, 4) is 0 Å². The van der Waals surface area contributed by atoms with Crippen molar-refractivity contribution in [2.45, 2.75) is 89.4 Å². The van der Waals surface area contributed by atoms with E-state index in [4.69, 9.17) is 4.74 Å². The fourth-order valence-electron chi connectivity index (χ4n) is 5.94. The van der Waals surface area contributed by atoms with Gasteiger partial charge in [0.1, 0.15) is 18.0 Å². The third-order valence-corrected chi connectivity index (χ3v) is 8.01. The Hall–Kier alpha value is -2.23. The summed E-state index contributed by atoms with van der Waals surface area (Å²) in [4.78, 5) is 12.9. The lowest BCUT2D eigenvalue weighted by molar-refractivity contribution is -0.160. The third-order valence-electron chi connectivity index (χ3n) is 8.01. The normalized spacial score (nSPS) is 25.2. The van der Waals surface area contributed by atoms with E-state index in [1.807, 2.05) is 60.7 Å². The molecule has 5 atom stereocenters. The van der Waals surface area contributed by atoms with E-state index in [1.165, 1.54) is 19.3 Å². The van der Waals surface area contributed by atoms with Gasteiger partial charge in [-0.3, -0.25) is 4.79 Å². The number of Topliss-reactive ketones (excluding diaryl/α,β-unsaturated/α-hetero) is 1. The molecule has 0 radical (unpaired) electrons. The summed E-state index contributed by atoms with van der Waals surface area (Å²) in [5, 5.41) is 11.5. The average Bonchev–Trinajstić information content (AvgIpc) is 2.90. The zero-order valence-electron chi connectivity index (χ0n) is 20.6. The highest BCUT2D eigenvalue weighted by Gasteiger charge is 2.54. The van der Waals surface area contributed by atoms with Crippen LogP contribution in [0.5, 0.6) is 0 Å². The van der Waals surface area contributed by atoms with Crippen LogP contribution in [-0.4, -0.2) is 17.0 Å². The minimum Gasteiger partial charge on any atom is -0.385 e. The molecule has 2 aromatic carbocycles. The van der Waals surface area contributed by atoms with Crippen molar-refractivity contribution in [1.29, 1.82) is 0 Å². The fraction of sp³-hybridized carbons (Fsp3) is 0.516. The number of carbonyl (C=O) groups is 1. The van der Waals surface area contributed by atoms with Crippen LogP contribution >= 0.6 is 0 Å². The number of carbonyl (C=O) groups excluding carboxylic acids is 1. The van der Waals surface area contributed by atoms with Crippen molar-refractivity contribution in [3.63, 3.8) is 0 Å². The fourth-order valence-corrected chi connectivity index (χ4v) is 5.94. The largest absolute Gasteiger partial charge is 0.385 e. The molecule has 34 heavy (non-hydrogen) atoms. The number of aliphatic hydroxyl groups is 1. The molecule has 0 bridgehead atoms. The molecule has 2 fully saturated rings. The topological polar surface area (TPSA) is 46.5 Å². The van der Waals surface area contributed by atoms with Gasteiger partial charge < -0.3 is 9.84 Å². The number of hydrogen-bond donors (Lipinski definition) is 1. The van der Waals surface area contributed by atoms with Crippen molar-refractivity contribution < 1.29 is 14.6 Å². The molecular formula is C31H40O3. The monoisotopic (exact) mass is 460 g/mol. The van der Waals surface area contributed by atoms with Crippen molar-refractivity contribution in [3.05, 3.63) is 83.9 Å². The van der Waals surface area contributed by atoms with E-state index in [2.05, 4.69) is 19.1 Å². The second kappa shape index (κ2) is 12.0. The van der Waals surface area contributed by atoms with E-state index in [0.29, 0.717) is 12.2 Å². The van der Waals surface area contributed by atoms with E-state index >= 15 is 0 Å². The molecule has 2 aliphatic carbocycles. The van der Waals surface area contributed by atoms with Gasteiger partial charge in [-0.2, -0.15) is 0 Å². The Kier molecular flexibility index (Phi) is 8.74. The second-order valence-corrected chi connectivity index (χ2v) is 10.1. The van der Waals surface area contributed by atoms with Gasteiger partial charge >= 0.3 is 0 Å². The second-order valence-electron chi connectivity index (χ2n) is 10.1. The van der Waals surface area contributed by atoms with Gasteiger partial charge in [-0.1, -0.05) is 105 Å². The van der Waals surface area contributed by atoms with E-state index < -0.39 is 12.2 Å². The zero-order chi connectivity index (χ0) is 23.8. The molecule has 3 nitrogen and oxygen atoms in total. The highest BCUT2D eigenvalue weighted by atomic mass is 16.5. The summed E-state index contributed by atoms with van der Waals surface area (Å²) in [6.07, 6.45) is 13.6. The zero-order valence-corrected chi connectivity index (χ0v) is 20.6. The van der Waals surface area contributed by atoms with Gasteiger partial charge in [0, 0.05) is 17.8 Å². The molecule has 1 unspecified atom stereocenters. The van der Waals surface area contributed by atoms with Gasteiger partial charge in [0.25, 0.3) is 0 Å². The maximum Gasteiger partial charge on any atom is 0.139 e. The number of rotatable bonds is 11. The standard InChI is InChI=1S/C31H40O3/c1-2-3-4-5-12-20-27(26-19-13-14-22-31(26)23-21-28(31)32)34-30(25-17-10-7-11-18-25)29(33)24-15-8-6-9-16-24/h6-12,15-18,20,26-27,29-30,33H,2-5,13-14,19,21-23H2,1H3/b20-12+/t26-,27-,29-,30?,31-/m1/s1. The van der Waals surface area contributed by atoms with Crippen molar-refractivity contribution in [2.24, 2.45) is 11.3 Å². The molecule has 0 saturated heterocycles. The van der Waals surface area contributed by atoms with Gasteiger partial charge in [0.15, 0.2) is 0 Å². The van der Waals surface area contributed by atoms with Crippen molar-refractivity contribution in [1.82, 2.24) is 0 Å². The molecule has 2 aromatic rings. The number of unbranched alkanes of at least 4 members (excludes halogenated alkanes) is 3. The Morgan fingerprint density at radius 3 is 2.32 bits per heavy atom. The first-order chi connectivity index (χ1) is 16.7. The summed E-state index contributed by atoms with van der Waals surface area (Å²) in [6.45, 7) is 2.22. The van der Waals surface area contributed by atoms with Crippen molar-refractivity contribution >= 4 is 5.78 Å². The Morgan fingerprint density at radius 1 is 1.00 bits per heavy atom. The number of ether oxygens (including phenoxy) is 1. The van der Waals surface area contributed by atoms with E-state index in [1.54, 1.807) is 0 Å². The van der Waals surface area contributed by atoms with Crippen LogP contribution in [0, 0.1) is 11.3 Å². The molecular weight excluding hydrogens is 420 g/mol. The van der Waals surface area contributed by atoms with Crippen LogP contribution in [0.3, 0.4) is 0 Å². The number of allylic oxidation sites excluding steroid dienone is 1. The van der Waals surface area contributed by atoms with Crippen LogP contribution in [0.15, 0.2) is 72.8 Å². The van der Waals surface area contributed by atoms with Crippen LogP contribution in [0.1, 0.15) is 94.5 Å². The first-order valence-corrected chi connectivity index (χ1v) is 13.3. The summed E-state index contributed by atoms with van der Waals surface area (Å²) < 4.78 is 6.89. The number of benzene rings is 2. The lowest BCUT2D eigenvalue weighted by Gasteiger charge is -2.51. The summed E-state index contributed by atoms with van der Waals surface area (Å²) in [5.41, 5.74) is 1.59. The summed E-state index contributed by atoms with van der Waals surface area (Å²) in [7, 11) is 0. The van der Waals surface area contributed by atoms with Gasteiger partial charge in [0.05, 0.1) is 6.10 Å². The van der Waals surface area contributed by atoms with Gasteiger partial charge in [-0.25, -0.2) is 0 Å². The highest BCUT2D eigenvalue weighted by Crippen LogP contribution is 2.55. The minimum absolute atomic E-state index is 0.180. The Labute approximate surface area is 205 Å². The smallest absolute Gasteiger partial charge is 0.139 e. The third kappa shape index (κ3) is 5.53. The number of ketones is 1. The van der Waals surface area contributed by atoms with E-state index in [9.17, 15) is 9.90 Å². The minimum atomic E-state index is -0.781. The predicted molar refractivity (Wildman–Crippen MR) is 137 cm³/mol. The van der Waals surface area contributed by atoms with Gasteiger partial charge in [0.2, 0.25) is 0 Å². The average molecular weight is 461 g/mol. The summed E-state index contributed by atoms with van der Waals surface area (Å²) in [5.74, 6) is 0.601. The Balaban J connectivity index is 1.64. The van der Waals surface area contributed by atoms with Gasteiger partial charge in [-0.15, -0.1) is 0 Å². The van der Waals surface area contributed by atoms with E-state index in [-0.39, 0.29) is 17.4 Å². The number of hydrogen-bond acceptors (Lipinski definition) is 3. The highest BCUT2D eigenvalue weighted by molar-refractivity contribution is 5.91. The maximum atomic E-state index is 12.9. The molecule has 4 rings (SSSR count). The quantitative estimate of drug-likeness (QED) is 0.278. The molecule has 3 heteroatoms. The summed E-state index contributed by atoms with van der Waals surface area (Å²) >= 11 is 0. The molecule has 2 aliphatic rings. The van der Waals surface area contributed by atoms with E-state index in [0.717, 1.165) is 49.7 Å².